The molecule has 1 fully saturated rings. The Morgan fingerprint density at radius 1 is 1.40 bits per heavy atom. The average Bonchev–Trinajstić information content (AvgIpc) is 3.26. The van der Waals surface area contributed by atoms with Crippen molar-refractivity contribution in [3.63, 3.8) is 0 Å². The van der Waals surface area contributed by atoms with Crippen molar-refractivity contribution in [2.45, 2.75) is 13.3 Å². The molecule has 0 radical (unpaired) electrons. The standard InChI is InChI=1S/C18H20ClN3O2S/c1-18(10-20)6-7-22(11-18)17(24)12-4-5-13(19)14(9-12)21-16(23)15-3-2-8-25-15/h2-5,8-9H,6-7,10-11,20H2,1H3,(H,21,23). The first-order valence-corrected chi connectivity index (χ1v) is 9.31. The van der Waals surface area contributed by atoms with E-state index in [-0.39, 0.29) is 17.2 Å². The van der Waals surface area contributed by atoms with Gasteiger partial charge in [-0.25, -0.2) is 0 Å². The van der Waals surface area contributed by atoms with Gasteiger partial charge in [0.25, 0.3) is 11.8 Å². The van der Waals surface area contributed by atoms with Crippen LogP contribution in [0.1, 0.15) is 33.4 Å². The van der Waals surface area contributed by atoms with Crippen LogP contribution in [0.25, 0.3) is 0 Å². The maximum absolute atomic E-state index is 12.8. The number of halogens is 1. The van der Waals surface area contributed by atoms with E-state index in [0.717, 1.165) is 6.42 Å². The van der Waals surface area contributed by atoms with E-state index < -0.39 is 0 Å². The molecule has 0 spiro atoms. The number of carbonyl (C=O) groups excluding carboxylic acids is 2. The molecule has 2 aromatic rings. The molecule has 1 aromatic heterocycles. The van der Waals surface area contributed by atoms with Crippen molar-refractivity contribution in [1.29, 1.82) is 0 Å². The Bertz CT molecular complexity index is 794. The lowest BCUT2D eigenvalue weighted by Crippen LogP contribution is -2.34. The van der Waals surface area contributed by atoms with Gasteiger partial charge in [-0.1, -0.05) is 24.6 Å². The lowest BCUT2D eigenvalue weighted by Gasteiger charge is -2.22. The number of likely N-dealkylation sites (tertiary alicyclic amines) is 1. The molecule has 5 nitrogen and oxygen atoms in total. The fourth-order valence-corrected chi connectivity index (χ4v) is 3.68. The number of nitrogens with two attached hydrogens (primary N) is 1. The van der Waals surface area contributed by atoms with Gasteiger partial charge >= 0.3 is 0 Å². The van der Waals surface area contributed by atoms with E-state index in [1.54, 1.807) is 29.2 Å². The summed E-state index contributed by atoms with van der Waals surface area (Å²) in [5.41, 5.74) is 6.73. The number of amides is 2. The fourth-order valence-electron chi connectivity index (χ4n) is 2.89. The second-order valence-electron chi connectivity index (χ2n) is 6.62. The zero-order valence-electron chi connectivity index (χ0n) is 13.9. The molecule has 7 heteroatoms. The molecule has 2 heterocycles. The maximum Gasteiger partial charge on any atom is 0.265 e. The number of thiophene rings is 1. The molecule has 1 atom stereocenters. The topological polar surface area (TPSA) is 75.4 Å². The fraction of sp³-hybridized carbons (Fsp3) is 0.333. The van der Waals surface area contributed by atoms with Crippen molar-refractivity contribution < 1.29 is 9.59 Å². The molecule has 3 N–H and O–H groups in total. The van der Waals surface area contributed by atoms with Crippen molar-refractivity contribution in [2.24, 2.45) is 11.1 Å². The molecule has 3 rings (SSSR count). The lowest BCUT2D eigenvalue weighted by atomic mass is 9.90. The molecule has 1 saturated heterocycles. The summed E-state index contributed by atoms with van der Waals surface area (Å²) in [4.78, 5) is 27.4. The molecular formula is C18H20ClN3O2S. The number of hydrogen-bond donors (Lipinski definition) is 2. The highest BCUT2D eigenvalue weighted by molar-refractivity contribution is 7.12. The van der Waals surface area contributed by atoms with Crippen molar-refractivity contribution in [1.82, 2.24) is 4.90 Å². The van der Waals surface area contributed by atoms with Gasteiger partial charge in [0.15, 0.2) is 0 Å². The predicted octanol–water partition coefficient (Wildman–Crippen LogP) is 3.46. The quantitative estimate of drug-likeness (QED) is 0.856. The van der Waals surface area contributed by atoms with E-state index in [1.807, 2.05) is 11.4 Å². The first-order chi connectivity index (χ1) is 11.9. The Morgan fingerprint density at radius 3 is 2.84 bits per heavy atom. The van der Waals surface area contributed by atoms with E-state index in [1.165, 1.54) is 11.3 Å². The van der Waals surface area contributed by atoms with E-state index in [2.05, 4.69) is 12.2 Å². The molecule has 25 heavy (non-hydrogen) atoms. The Morgan fingerprint density at radius 2 is 2.20 bits per heavy atom. The number of nitrogens with one attached hydrogen (secondary N) is 1. The minimum Gasteiger partial charge on any atom is -0.338 e. The van der Waals surface area contributed by atoms with Gasteiger partial charge in [-0.3, -0.25) is 9.59 Å². The van der Waals surface area contributed by atoms with Crippen LogP contribution in [0, 0.1) is 5.41 Å². The number of anilines is 1. The first-order valence-electron chi connectivity index (χ1n) is 8.06. The second kappa shape index (κ2) is 7.15. The van der Waals surface area contributed by atoms with Gasteiger partial charge in [0.05, 0.1) is 15.6 Å². The van der Waals surface area contributed by atoms with Crippen LogP contribution in [0.5, 0.6) is 0 Å². The Kier molecular flexibility index (Phi) is 5.13. The smallest absolute Gasteiger partial charge is 0.265 e. The summed E-state index contributed by atoms with van der Waals surface area (Å²) in [6, 6.07) is 8.50. The maximum atomic E-state index is 12.8. The summed E-state index contributed by atoms with van der Waals surface area (Å²) < 4.78 is 0. The molecule has 1 aliphatic rings. The van der Waals surface area contributed by atoms with Gasteiger partial charge in [0, 0.05) is 18.7 Å². The Hall–Kier alpha value is -1.89. The third-order valence-corrected chi connectivity index (χ3v) is 5.74. The lowest BCUT2D eigenvalue weighted by molar-refractivity contribution is 0.0776. The van der Waals surface area contributed by atoms with Crippen LogP contribution in [-0.2, 0) is 0 Å². The average molecular weight is 378 g/mol. The highest BCUT2D eigenvalue weighted by Gasteiger charge is 2.35. The number of hydrogen-bond acceptors (Lipinski definition) is 4. The Balaban J connectivity index is 1.77. The van der Waals surface area contributed by atoms with Crippen LogP contribution in [0.2, 0.25) is 5.02 Å². The van der Waals surface area contributed by atoms with E-state index in [0.29, 0.717) is 40.8 Å². The molecule has 0 saturated carbocycles. The molecule has 0 aliphatic carbocycles. The summed E-state index contributed by atoms with van der Waals surface area (Å²) in [6.07, 6.45) is 0.894. The minimum atomic E-state index is -0.238. The van der Waals surface area contributed by atoms with E-state index in [9.17, 15) is 9.59 Å². The number of benzene rings is 1. The van der Waals surface area contributed by atoms with Crippen LogP contribution in [0.15, 0.2) is 35.7 Å². The monoisotopic (exact) mass is 377 g/mol. The zero-order valence-corrected chi connectivity index (χ0v) is 15.5. The van der Waals surface area contributed by atoms with Gasteiger partial charge in [0.2, 0.25) is 0 Å². The largest absolute Gasteiger partial charge is 0.338 e. The molecule has 1 unspecified atom stereocenters. The van der Waals surface area contributed by atoms with Crippen LogP contribution >= 0.6 is 22.9 Å². The van der Waals surface area contributed by atoms with Gasteiger partial charge in [-0.05, 0) is 48.0 Å². The van der Waals surface area contributed by atoms with Crippen molar-refractivity contribution in [3.05, 3.63) is 51.2 Å². The van der Waals surface area contributed by atoms with E-state index >= 15 is 0 Å². The third kappa shape index (κ3) is 3.86. The SMILES string of the molecule is CC1(CN)CCN(C(=O)c2ccc(Cl)c(NC(=O)c3cccs3)c2)C1. The first kappa shape index (κ1) is 17.9. The molecular weight excluding hydrogens is 358 g/mol. The van der Waals surface area contributed by atoms with Crippen molar-refractivity contribution in [2.75, 3.05) is 25.0 Å². The molecule has 1 aromatic carbocycles. The molecule has 132 valence electrons. The van der Waals surface area contributed by atoms with Gasteiger partial charge in [-0.15, -0.1) is 11.3 Å². The minimum absolute atomic E-state index is 0.0295. The van der Waals surface area contributed by atoms with Crippen LogP contribution in [0.3, 0.4) is 0 Å². The number of nitrogens with zero attached hydrogens (tertiary/aromatic N) is 1. The molecule has 1 aliphatic heterocycles. The highest BCUT2D eigenvalue weighted by Crippen LogP contribution is 2.31. The highest BCUT2D eigenvalue weighted by atomic mass is 35.5. The third-order valence-electron chi connectivity index (χ3n) is 4.54. The Labute approximate surface area is 155 Å². The van der Waals surface area contributed by atoms with Crippen molar-refractivity contribution >= 4 is 40.4 Å². The summed E-state index contributed by atoms with van der Waals surface area (Å²) in [5, 5.41) is 5.00. The van der Waals surface area contributed by atoms with Gasteiger partial charge < -0.3 is 16.0 Å². The number of rotatable bonds is 4. The summed E-state index contributed by atoms with van der Waals surface area (Å²) in [6.45, 7) is 3.97. The second-order valence-corrected chi connectivity index (χ2v) is 7.97. The number of carbonyl (C=O) groups is 2. The van der Waals surface area contributed by atoms with E-state index in [4.69, 9.17) is 17.3 Å². The normalized spacial score (nSPS) is 19.9. The zero-order chi connectivity index (χ0) is 18.0. The van der Waals surface area contributed by atoms with Gasteiger partial charge in [-0.2, -0.15) is 0 Å². The van der Waals surface area contributed by atoms with Crippen LogP contribution in [0.4, 0.5) is 5.69 Å². The van der Waals surface area contributed by atoms with Crippen LogP contribution < -0.4 is 11.1 Å². The summed E-state index contributed by atoms with van der Waals surface area (Å²) in [7, 11) is 0. The summed E-state index contributed by atoms with van der Waals surface area (Å²) in [5.74, 6) is -0.307. The molecule has 2 amide bonds. The van der Waals surface area contributed by atoms with Gasteiger partial charge in [0.1, 0.15) is 0 Å². The van der Waals surface area contributed by atoms with Crippen molar-refractivity contribution in [3.8, 4) is 0 Å². The summed E-state index contributed by atoms with van der Waals surface area (Å²) >= 11 is 7.53. The van der Waals surface area contributed by atoms with Crippen LogP contribution in [-0.4, -0.2) is 36.3 Å². The predicted molar refractivity (Wildman–Crippen MR) is 101 cm³/mol. The molecule has 0 bridgehead atoms.